The van der Waals surface area contributed by atoms with E-state index in [9.17, 15) is 8.42 Å². The van der Waals surface area contributed by atoms with E-state index in [2.05, 4.69) is 11.8 Å². The van der Waals surface area contributed by atoms with Crippen LogP contribution in [-0.2, 0) is 20.9 Å². The zero-order valence-electron chi connectivity index (χ0n) is 9.96. The number of rotatable bonds is 0. The fourth-order valence-corrected chi connectivity index (χ4v) is 2.97. The van der Waals surface area contributed by atoms with Gasteiger partial charge >= 0.3 is 0 Å². The first-order valence-electron chi connectivity index (χ1n) is 5.75. The highest BCUT2D eigenvalue weighted by Crippen LogP contribution is 2.27. The maximum Gasteiger partial charge on any atom is 0.297 e. The molecule has 2 aromatic rings. The average molecular weight is 270 g/mol. The van der Waals surface area contributed by atoms with Crippen LogP contribution >= 0.6 is 0 Å². The van der Waals surface area contributed by atoms with E-state index in [-0.39, 0.29) is 11.5 Å². The molecule has 1 heterocycles. The standard InChI is InChI=1S/C15H10O3S/c16-19(17)15-9-8-13(10-14(15)11-18-19)7-6-12-4-2-1-3-5-12/h1-5,8-10H,11H2. The normalized spacial score (nSPS) is 15.4. The van der Waals surface area contributed by atoms with Crippen molar-refractivity contribution in [1.29, 1.82) is 0 Å². The van der Waals surface area contributed by atoms with Gasteiger partial charge in [-0.05, 0) is 30.3 Å². The number of hydrogen-bond donors (Lipinski definition) is 0. The topological polar surface area (TPSA) is 43.4 Å². The Morgan fingerprint density at radius 3 is 2.47 bits per heavy atom. The van der Waals surface area contributed by atoms with Crippen LogP contribution in [0.4, 0.5) is 0 Å². The van der Waals surface area contributed by atoms with Gasteiger partial charge in [-0.15, -0.1) is 0 Å². The minimum atomic E-state index is -3.54. The van der Waals surface area contributed by atoms with Crippen molar-refractivity contribution in [1.82, 2.24) is 0 Å². The fraction of sp³-hybridized carbons (Fsp3) is 0.0667. The molecule has 1 aliphatic heterocycles. The van der Waals surface area contributed by atoms with Crippen molar-refractivity contribution in [3.8, 4) is 11.8 Å². The molecule has 0 saturated heterocycles. The fourth-order valence-electron chi connectivity index (χ4n) is 1.88. The second-order valence-corrected chi connectivity index (χ2v) is 5.74. The molecule has 0 atom stereocenters. The van der Waals surface area contributed by atoms with Crippen molar-refractivity contribution in [2.75, 3.05) is 0 Å². The molecule has 0 unspecified atom stereocenters. The molecule has 4 heteroatoms. The van der Waals surface area contributed by atoms with Crippen LogP contribution in [-0.4, -0.2) is 8.42 Å². The van der Waals surface area contributed by atoms with Crippen LogP contribution in [0, 0.1) is 11.8 Å². The SMILES string of the molecule is O=S1(=O)OCc2cc(C#Cc3ccccc3)ccc21. The van der Waals surface area contributed by atoms with Gasteiger partial charge in [0, 0.05) is 16.7 Å². The Morgan fingerprint density at radius 1 is 0.947 bits per heavy atom. The Bertz CT molecular complexity index is 781. The van der Waals surface area contributed by atoms with Gasteiger partial charge in [0.15, 0.2) is 0 Å². The molecular formula is C15H10O3S. The second kappa shape index (κ2) is 4.54. The van der Waals surface area contributed by atoms with Gasteiger partial charge in [0.1, 0.15) is 0 Å². The van der Waals surface area contributed by atoms with E-state index in [0.29, 0.717) is 5.56 Å². The average Bonchev–Trinajstić information content (AvgIpc) is 2.73. The molecule has 2 aromatic carbocycles. The lowest BCUT2D eigenvalue weighted by Crippen LogP contribution is -1.95. The van der Waals surface area contributed by atoms with Crippen molar-refractivity contribution >= 4 is 10.1 Å². The highest BCUT2D eigenvalue weighted by atomic mass is 32.2. The monoisotopic (exact) mass is 270 g/mol. The first-order valence-corrected chi connectivity index (χ1v) is 7.15. The van der Waals surface area contributed by atoms with Crippen molar-refractivity contribution in [2.45, 2.75) is 11.5 Å². The zero-order chi connectivity index (χ0) is 13.3. The molecule has 0 fully saturated rings. The van der Waals surface area contributed by atoms with Gasteiger partial charge in [0.05, 0.1) is 11.5 Å². The zero-order valence-corrected chi connectivity index (χ0v) is 10.8. The van der Waals surface area contributed by atoms with E-state index in [4.69, 9.17) is 4.18 Å². The minimum absolute atomic E-state index is 0.0958. The van der Waals surface area contributed by atoms with Crippen LogP contribution in [0.3, 0.4) is 0 Å². The first-order chi connectivity index (χ1) is 9.15. The van der Waals surface area contributed by atoms with Gasteiger partial charge in [0.2, 0.25) is 0 Å². The smallest absolute Gasteiger partial charge is 0.261 e. The molecule has 19 heavy (non-hydrogen) atoms. The summed E-state index contributed by atoms with van der Waals surface area (Å²) < 4.78 is 27.7. The summed E-state index contributed by atoms with van der Waals surface area (Å²) in [7, 11) is -3.54. The van der Waals surface area contributed by atoms with E-state index in [1.165, 1.54) is 0 Å². The summed E-state index contributed by atoms with van der Waals surface area (Å²) in [6.07, 6.45) is 0. The largest absolute Gasteiger partial charge is 0.297 e. The third-order valence-electron chi connectivity index (χ3n) is 2.82. The van der Waals surface area contributed by atoms with E-state index in [1.807, 2.05) is 30.3 Å². The van der Waals surface area contributed by atoms with Gasteiger partial charge in [0.25, 0.3) is 10.1 Å². The molecule has 0 amide bonds. The molecule has 0 saturated carbocycles. The van der Waals surface area contributed by atoms with Gasteiger partial charge in [-0.1, -0.05) is 30.0 Å². The quantitative estimate of drug-likeness (QED) is 0.545. The van der Waals surface area contributed by atoms with Gasteiger partial charge < -0.3 is 0 Å². The number of hydrogen-bond acceptors (Lipinski definition) is 3. The summed E-state index contributed by atoms with van der Waals surface area (Å²) in [6.45, 7) is 0.0958. The molecule has 0 aliphatic carbocycles. The molecule has 3 rings (SSSR count). The van der Waals surface area contributed by atoms with Gasteiger partial charge in [-0.3, -0.25) is 4.18 Å². The lowest BCUT2D eigenvalue weighted by atomic mass is 10.1. The van der Waals surface area contributed by atoms with Crippen LogP contribution in [0.1, 0.15) is 16.7 Å². The van der Waals surface area contributed by atoms with E-state index >= 15 is 0 Å². The van der Waals surface area contributed by atoms with Gasteiger partial charge in [-0.25, -0.2) is 0 Å². The summed E-state index contributed by atoms with van der Waals surface area (Å²) in [4.78, 5) is 0.248. The van der Waals surface area contributed by atoms with Crippen LogP contribution in [0.5, 0.6) is 0 Å². The molecule has 1 aliphatic rings. The summed E-state index contributed by atoms with van der Waals surface area (Å²) in [5, 5.41) is 0. The van der Waals surface area contributed by atoms with Crippen molar-refractivity contribution in [2.24, 2.45) is 0 Å². The van der Waals surface area contributed by atoms with Crippen molar-refractivity contribution < 1.29 is 12.6 Å². The molecule has 94 valence electrons. The Balaban J connectivity index is 1.96. The van der Waals surface area contributed by atoms with Crippen LogP contribution in [0.25, 0.3) is 0 Å². The van der Waals surface area contributed by atoms with E-state index in [0.717, 1.165) is 11.1 Å². The third-order valence-corrected chi connectivity index (χ3v) is 4.19. The summed E-state index contributed by atoms with van der Waals surface area (Å²) in [5.41, 5.74) is 2.37. The molecule has 0 bridgehead atoms. The lowest BCUT2D eigenvalue weighted by molar-refractivity contribution is 0.328. The molecule has 3 nitrogen and oxygen atoms in total. The van der Waals surface area contributed by atoms with Gasteiger partial charge in [-0.2, -0.15) is 8.42 Å². The second-order valence-electron chi connectivity index (χ2n) is 4.15. The van der Waals surface area contributed by atoms with Crippen LogP contribution in [0.2, 0.25) is 0 Å². The summed E-state index contributed by atoms with van der Waals surface area (Å²) >= 11 is 0. The third kappa shape index (κ3) is 2.39. The molecule has 0 radical (unpaired) electrons. The number of benzene rings is 2. The molecule has 0 spiro atoms. The van der Waals surface area contributed by atoms with Crippen molar-refractivity contribution in [3.63, 3.8) is 0 Å². The minimum Gasteiger partial charge on any atom is -0.261 e. The summed E-state index contributed by atoms with van der Waals surface area (Å²) in [5.74, 6) is 6.05. The Labute approximate surface area is 112 Å². The molecule has 0 aromatic heterocycles. The Morgan fingerprint density at radius 2 is 1.68 bits per heavy atom. The Hall–Kier alpha value is -2.09. The molecule has 0 N–H and O–H groups in total. The predicted molar refractivity (Wildman–Crippen MR) is 70.8 cm³/mol. The highest BCUT2D eigenvalue weighted by molar-refractivity contribution is 7.87. The van der Waals surface area contributed by atoms with E-state index < -0.39 is 10.1 Å². The van der Waals surface area contributed by atoms with Crippen LogP contribution in [0.15, 0.2) is 53.4 Å². The predicted octanol–water partition coefficient (Wildman–Crippen LogP) is 2.31. The molecular weight excluding hydrogens is 260 g/mol. The Kier molecular flexibility index (Phi) is 2.86. The maximum atomic E-state index is 11.5. The maximum absolute atomic E-state index is 11.5. The van der Waals surface area contributed by atoms with E-state index in [1.54, 1.807) is 18.2 Å². The van der Waals surface area contributed by atoms with Crippen LogP contribution < -0.4 is 0 Å². The van der Waals surface area contributed by atoms with Crippen molar-refractivity contribution in [3.05, 3.63) is 65.2 Å². The summed E-state index contributed by atoms with van der Waals surface area (Å²) in [6, 6.07) is 14.6. The number of fused-ring (bicyclic) bond motifs is 1. The lowest BCUT2D eigenvalue weighted by Gasteiger charge is -1.96. The highest BCUT2D eigenvalue weighted by Gasteiger charge is 2.26. The first kappa shape index (κ1) is 12.0.